The molecular formula is C32H46N10O4S. The Morgan fingerprint density at radius 2 is 1.09 bits per heavy atom. The van der Waals surface area contributed by atoms with Gasteiger partial charge in [0.2, 0.25) is 0 Å². The lowest BCUT2D eigenvalue weighted by Gasteiger charge is -2.56. The van der Waals surface area contributed by atoms with Crippen LogP contribution in [0, 0.1) is 35.5 Å². The van der Waals surface area contributed by atoms with Crippen LogP contribution in [-0.4, -0.2) is 69.5 Å². The van der Waals surface area contributed by atoms with E-state index in [1.165, 1.54) is 77.0 Å². The molecule has 0 atom stereocenters. The summed E-state index contributed by atoms with van der Waals surface area (Å²) in [7, 11) is -4.45. The van der Waals surface area contributed by atoms with E-state index in [0.29, 0.717) is 32.6 Å². The summed E-state index contributed by atoms with van der Waals surface area (Å²) < 4.78 is 41.1. The maximum Gasteiger partial charge on any atom is 0.397 e. The summed E-state index contributed by atoms with van der Waals surface area (Å²) in [5, 5.41) is 27.6. The largest absolute Gasteiger partial charge is 0.397 e. The van der Waals surface area contributed by atoms with E-state index >= 15 is 0 Å². The number of hydrogen-bond acceptors (Lipinski definition) is 10. The molecule has 0 radical (unpaired) electrons. The second-order valence-electron chi connectivity index (χ2n) is 16.3. The highest BCUT2D eigenvalue weighted by Crippen LogP contribution is 2.59. The summed E-state index contributed by atoms with van der Waals surface area (Å²) in [5.41, 5.74) is 2.95. The Bertz CT molecular complexity index is 1560. The lowest BCUT2D eigenvalue weighted by Crippen LogP contribution is -2.52. The molecule has 0 aliphatic heterocycles. The molecule has 0 spiro atoms. The smallest absolute Gasteiger partial charge is 0.285 e. The van der Waals surface area contributed by atoms with Crippen molar-refractivity contribution in [2.75, 3.05) is 6.61 Å². The van der Waals surface area contributed by atoms with Gasteiger partial charge in [-0.05, 0) is 119 Å². The number of aryl methyl sites for hydroxylation is 1. The quantitative estimate of drug-likeness (QED) is 0.209. The fourth-order valence-electron chi connectivity index (χ4n) is 11.7. The maximum atomic E-state index is 10.9. The Balaban J connectivity index is 0.922. The first kappa shape index (κ1) is 30.3. The summed E-state index contributed by atoms with van der Waals surface area (Å²) in [4.78, 5) is 2.29. The fraction of sp³-hybridized carbons (Fsp3) is 0.812. The molecule has 0 saturated heterocycles. The van der Waals surface area contributed by atoms with Crippen molar-refractivity contribution in [2.45, 2.75) is 121 Å². The molecule has 8 aliphatic carbocycles. The highest BCUT2D eigenvalue weighted by atomic mass is 32.3. The highest BCUT2D eigenvalue weighted by Gasteiger charge is 2.53. The molecule has 8 bridgehead atoms. The summed E-state index contributed by atoms with van der Waals surface area (Å²) in [6, 6.07) is 0. The minimum absolute atomic E-state index is 0.126. The van der Waals surface area contributed by atoms with Crippen molar-refractivity contribution in [3.63, 3.8) is 0 Å². The van der Waals surface area contributed by atoms with Crippen molar-refractivity contribution in [3.8, 4) is 0 Å². The second-order valence-corrected chi connectivity index (χ2v) is 17.4. The predicted molar refractivity (Wildman–Crippen MR) is 167 cm³/mol. The molecule has 0 aromatic carbocycles. The van der Waals surface area contributed by atoms with Crippen LogP contribution < -0.4 is 0 Å². The van der Waals surface area contributed by atoms with Crippen LogP contribution in [0.4, 0.5) is 0 Å². The van der Waals surface area contributed by atoms with Crippen molar-refractivity contribution in [1.29, 1.82) is 0 Å². The van der Waals surface area contributed by atoms with Gasteiger partial charge in [0.25, 0.3) is 0 Å². The van der Waals surface area contributed by atoms with E-state index in [1.807, 2.05) is 6.20 Å². The van der Waals surface area contributed by atoms with Gasteiger partial charge in [0.15, 0.2) is 0 Å². The molecule has 8 saturated carbocycles. The van der Waals surface area contributed by atoms with Crippen molar-refractivity contribution >= 4 is 10.4 Å². The topological polar surface area (TPSA) is 159 Å². The Labute approximate surface area is 275 Å². The van der Waals surface area contributed by atoms with E-state index in [9.17, 15) is 8.42 Å². The minimum Gasteiger partial charge on any atom is -0.285 e. The van der Waals surface area contributed by atoms with E-state index in [2.05, 4.69) is 41.2 Å². The van der Waals surface area contributed by atoms with E-state index in [0.717, 1.165) is 52.6 Å². The summed E-state index contributed by atoms with van der Waals surface area (Å²) in [5.74, 6) is 5.02. The van der Waals surface area contributed by atoms with Gasteiger partial charge in [-0.1, -0.05) is 15.6 Å². The van der Waals surface area contributed by atoms with E-state index in [4.69, 9.17) is 25.2 Å². The maximum absolute atomic E-state index is 10.9. The van der Waals surface area contributed by atoms with Crippen LogP contribution in [-0.2, 0) is 51.8 Å². The van der Waals surface area contributed by atoms with Crippen LogP contribution in [0.3, 0.4) is 0 Å². The molecule has 3 aromatic rings. The van der Waals surface area contributed by atoms with Crippen LogP contribution in [0.2, 0.25) is 0 Å². The Morgan fingerprint density at radius 1 is 0.681 bits per heavy atom. The van der Waals surface area contributed by atoms with Gasteiger partial charge in [-0.15, -0.1) is 15.3 Å². The van der Waals surface area contributed by atoms with Gasteiger partial charge in [0.1, 0.15) is 0 Å². The molecule has 47 heavy (non-hydrogen) atoms. The van der Waals surface area contributed by atoms with Crippen molar-refractivity contribution in [3.05, 3.63) is 35.7 Å². The molecule has 11 rings (SSSR count). The third kappa shape index (κ3) is 6.05. The van der Waals surface area contributed by atoms with Crippen molar-refractivity contribution < 1.29 is 17.2 Å². The van der Waals surface area contributed by atoms with E-state index < -0.39 is 10.4 Å². The molecule has 254 valence electrons. The zero-order valence-corrected chi connectivity index (χ0v) is 27.8. The van der Waals surface area contributed by atoms with Crippen molar-refractivity contribution in [1.82, 2.24) is 49.9 Å². The van der Waals surface area contributed by atoms with Crippen molar-refractivity contribution in [2.24, 2.45) is 35.5 Å². The van der Waals surface area contributed by atoms with Crippen LogP contribution in [0.25, 0.3) is 0 Å². The predicted octanol–water partition coefficient (Wildman–Crippen LogP) is 3.72. The fourth-order valence-corrected chi connectivity index (χ4v) is 12.0. The average Bonchev–Trinajstić information content (AvgIpc) is 3.76. The van der Waals surface area contributed by atoms with E-state index in [-0.39, 0.29) is 17.7 Å². The van der Waals surface area contributed by atoms with Gasteiger partial charge in [0.05, 0.1) is 47.2 Å². The Hall–Kier alpha value is -2.75. The summed E-state index contributed by atoms with van der Waals surface area (Å²) in [6.07, 6.45) is 22.4. The zero-order chi connectivity index (χ0) is 31.8. The minimum atomic E-state index is -4.45. The van der Waals surface area contributed by atoms with Gasteiger partial charge in [-0.25, -0.2) is 13.5 Å². The van der Waals surface area contributed by atoms with E-state index in [1.54, 1.807) is 4.68 Å². The number of rotatable bonds is 13. The first-order valence-corrected chi connectivity index (χ1v) is 19.1. The summed E-state index contributed by atoms with van der Waals surface area (Å²) >= 11 is 0. The number of aromatic nitrogens is 9. The Morgan fingerprint density at radius 3 is 1.51 bits per heavy atom. The molecule has 8 fully saturated rings. The first-order valence-electron chi connectivity index (χ1n) is 17.7. The molecule has 15 heteroatoms. The standard InChI is InChI=1S/C32H46N10O4S/c43-47(44,45)46-3-1-2-40-19-28(33-36-40)16-39(17-29-20-41(37-34-29)31-10-22-4-23(11-31)6-24(5-22)12-31)18-30-21-42(38-35-30)32-13-25-7-26(14-32)9-27(8-25)15-32/h19-27H,1-18H2,(H,43,44,45). The van der Waals surface area contributed by atoms with Gasteiger partial charge >= 0.3 is 10.4 Å². The molecule has 3 heterocycles. The SMILES string of the molecule is O=S(=O)(O)OCCCn1cc(CN(Cc2cn(C34CC5CC(CC(C5)C3)C4)nn2)Cc2cn(C34CC5CC(CC(C5)C3)C4)nn2)nn1. The molecule has 3 aromatic heterocycles. The average molecular weight is 667 g/mol. The van der Waals surface area contributed by atoms with Gasteiger partial charge < -0.3 is 0 Å². The third-order valence-electron chi connectivity index (χ3n) is 12.6. The lowest BCUT2D eigenvalue weighted by atomic mass is 9.53. The third-order valence-corrected chi connectivity index (χ3v) is 13.0. The molecule has 1 N–H and O–H groups in total. The van der Waals surface area contributed by atoms with Crippen LogP contribution in [0.15, 0.2) is 18.6 Å². The lowest BCUT2D eigenvalue weighted by molar-refractivity contribution is -0.0503. The van der Waals surface area contributed by atoms with Gasteiger partial charge in [-0.3, -0.25) is 14.1 Å². The van der Waals surface area contributed by atoms with Crippen LogP contribution in [0.5, 0.6) is 0 Å². The highest BCUT2D eigenvalue weighted by molar-refractivity contribution is 7.80. The van der Waals surface area contributed by atoms with Gasteiger partial charge in [0, 0.05) is 32.4 Å². The van der Waals surface area contributed by atoms with Crippen LogP contribution in [0.1, 0.15) is 101 Å². The van der Waals surface area contributed by atoms with Crippen LogP contribution >= 0.6 is 0 Å². The molecule has 0 unspecified atom stereocenters. The summed E-state index contributed by atoms with van der Waals surface area (Å²) in [6.45, 7) is 2.04. The van der Waals surface area contributed by atoms with Gasteiger partial charge in [-0.2, -0.15) is 8.42 Å². The zero-order valence-electron chi connectivity index (χ0n) is 27.0. The number of nitrogens with zero attached hydrogens (tertiary/aromatic N) is 10. The first-order chi connectivity index (χ1) is 22.7. The molecular weight excluding hydrogens is 620 g/mol. The monoisotopic (exact) mass is 666 g/mol. The Kier molecular flexibility index (Phi) is 7.36. The second kappa shape index (κ2) is 11.4. The normalized spacial score (nSPS) is 35.4. The molecule has 8 aliphatic rings. The molecule has 0 amide bonds. The number of hydrogen-bond donors (Lipinski definition) is 1. The molecule has 14 nitrogen and oxygen atoms in total.